The van der Waals surface area contributed by atoms with Crippen molar-refractivity contribution in [3.63, 3.8) is 0 Å². The van der Waals surface area contributed by atoms with Crippen LogP contribution in [0.25, 0.3) is 22.4 Å². The number of fused-ring (bicyclic) bond motifs is 1. The molecule has 2 aromatic heterocycles. The molecule has 0 radical (unpaired) electrons. The highest BCUT2D eigenvalue weighted by Crippen LogP contribution is 2.39. The first-order valence-corrected chi connectivity index (χ1v) is 15.3. The summed E-state index contributed by atoms with van der Waals surface area (Å²) in [7, 11) is -3.80. The van der Waals surface area contributed by atoms with Crippen molar-refractivity contribution in [3.8, 4) is 17.2 Å². The fourth-order valence-electron chi connectivity index (χ4n) is 5.87. The van der Waals surface area contributed by atoms with E-state index in [1.54, 1.807) is 34.8 Å². The summed E-state index contributed by atoms with van der Waals surface area (Å²) in [5, 5.41) is 10.5. The number of carboxylic acid groups (broad SMARTS) is 1. The second-order valence-electron chi connectivity index (χ2n) is 10.4. The number of oxazole rings is 1. The van der Waals surface area contributed by atoms with Gasteiger partial charge < -0.3 is 18.8 Å². The van der Waals surface area contributed by atoms with E-state index in [9.17, 15) is 18.3 Å². The SMILES string of the molecule is CCOc1ccc(S(=O)(=O)N2C[C@@H](Cc3ccccc3)[C@@H](n3cc(CC(=O)O)c4ccc(-c5ncco5)cc43)C2)cc1. The quantitative estimate of drug-likeness (QED) is 0.233. The molecule has 6 rings (SSSR count). The molecular weight excluding hydrogens is 554 g/mol. The average Bonchev–Trinajstić information content (AvgIpc) is 3.74. The standard InChI is InChI=1S/C32H31N3O6S/c1-2-40-26-9-11-27(12-10-26)42(38,39)34-19-25(16-22-6-4-3-5-7-22)30(21-34)35-20-24(18-31(36)37)28-13-8-23(17-29(28)35)32-33-14-15-41-32/h3-15,17,20,25,30H,2,16,18-19,21H2,1H3,(H,36,37)/t25-,30+/m1/s1. The van der Waals surface area contributed by atoms with E-state index in [2.05, 4.69) is 9.55 Å². The molecule has 1 saturated heterocycles. The molecule has 0 spiro atoms. The maximum absolute atomic E-state index is 13.9. The third-order valence-corrected chi connectivity index (χ3v) is 9.63. The number of aliphatic carboxylic acids is 1. The molecule has 3 heterocycles. The second-order valence-corrected chi connectivity index (χ2v) is 12.4. The van der Waals surface area contributed by atoms with E-state index in [4.69, 9.17) is 9.15 Å². The van der Waals surface area contributed by atoms with Crippen LogP contribution in [0.15, 0.2) is 101 Å². The van der Waals surface area contributed by atoms with Crippen molar-refractivity contribution >= 4 is 26.9 Å². The number of aromatic nitrogens is 2. The molecule has 3 aromatic carbocycles. The average molecular weight is 586 g/mol. The third-order valence-electron chi connectivity index (χ3n) is 7.78. The van der Waals surface area contributed by atoms with Crippen LogP contribution in [0.3, 0.4) is 0 Å². The molecular formula is C32H31N3O6S. The molecule has 216 valence electrons. The highest BCUT2D eigenvalue weighted by molar-refractivity contribution is 7.89. The lowest BCUT2D eigenvalue weighted by atomic mass is 9.94. The fraction of sp³-hybridized carbons (Fsp3) is 0.250. The number of carbonyl (C=O) groups is 1. The number of sulfonamides is 1. The van der Waals surface area contributed by atoms with E-state index in [0.29, 0.717) is 36.8 Å². The number of carboxylic acids is 1. The third kappa shape index (κ3) is 5.43. The van der Waals surface area contributed by atoms with Crippen molar-refractivity contribution in [2.75, 3.05) is 19.7 Å². The van der Waals surface area contributed by atoms with Gasteiger partial charge in [0.05, 0.1) is 30.2 Å². The Kier molecular flexibility index (Phi) is 7.57. The van der Waals surface area contributed by atoms with Crippen molar-refractivity contribution in [2.45, 2.75) is 30.7 Å². The van der Waals surface area contributed by atoms with E-state index in [1.165, 1.54) is 6.26 Å². The van der Waals surface area contributed by atoms with Crippen molar-refractivity contribution < 1.29 is 27.5 Å². The zero-order chi connectivity index (χ0) is 29.3. The van der Waals surface area contributed by atoms with E-state index in [0.717, 1.165) is 22.0 Å². The van der Waals surface area contributed by atoms with Crippen LogP contribution in [0.1, 0.15) is 24.1 Å². The second kappa shape index (κ2) is 11.5. The van der Waals surface area contributed by atoms with Gasteiger partial charge in [0.25, 0.3) is 0 Å². The van der Waals surface area contributed by atoms with Gasteiger partial charge in [-0.25, -0.2) is 13.4 Å². The number of hydrogen-bond donors (Lipinski definition) is 1. The molecule has 0 amide bonds. The molecule has 0 saturated carbocycles. The van der Waals surface area contributed by atoms with Gasteiger partial charge in [0.15, 0.2) is 0 Å². The van der Waals surface area contributed by atoms with Crippen LogP contribution in [0.5, 0.6) is 5.75 Å². The summed E-state index contributed by atoms with van der Waals surface area (Å²) >= 11 is 0. The van der Waals surface area contributed by atoms with Gasteiger partial charge in [-0.15, -0.1) is 0 Å². The topological polar surface area (TPSA) is 115 Å². The fourth-order valence-corrected chi connectivity index (χ4v) is 7.38. The minimum Gasteiger partial charge on any atom is -0.494 e. The lowest BCUT2D eigenvalue weighted by Gasteiger charge is -2.21. The van der Waals surface area contributed by atoms with Gasteiger partial charge in [0, 0.05) is 35.8 Å². The Hall–Kier alpha value is -4.41. The normalized spacial score (nSPS) is 17.5. The molecule has 1 aliphatic heterocycles. The minimum absolute atomic E-state index is 0.0662. The monoisotopic (exact) mass is 585 g/mol. The molecule has 0 aliphatic carbocycles. The van der Waals surface area contributed by atoms with Gasteiger partial charge >= 0.3 is 5.97 Å². The summed E-state index contributed by atoms with van der Waals surface area (Å²) in [5.74, 6) is 0.0713. The lowest BCUT2D eigenvalue weighted by Crippen LogP contribution is -2.29. The van der Waals surface area contributed by atoms with Crippen LogP contribution in [0.2, 0.25) is 0 Å². The van der Waals surface area contributed by atoms with Crippen molar-refractivity contribution in [1.82, 2.24) is 13.9 Å². The zero-order valence-electron chi connectivity index (χ0n) is 23.1. The number of hydrogen-bond acceptors (Lipinski definition) is 6. The lowest BCUT2D eigenvalue weighted by molar-refractivity contribution is -0.136. The first-order chi connectivity index (χ1) is 20.3. The Labute approximate surface area is 244 Å². The molecule has 1 fully saturated rings. The van der Waals surface area contributed by atoms with Crippen molar-refractivity contribution in [1.29, 1.82) is 0 Å². The van der Waals surface area contributed by atoms with Crippen LogP contribution in [-0.2, 0) is 27.7 Å². The van der Waals surface area contributed by atoms with Crippen molar-refractivity contribution in [3.05, 3.63) is 103 Å². The van der Waals surface area contributed by atoms with Crippen LogP contribution in [0, 0.1) is 5.92 Å². The molecule has 1 N–H and O–H groups in total. The predicted molar refractivity (Wildman–Crippen MR) is 158 cm³/mol. The number of rotatable bonds is 10. The Morgan fingerprint density at radius 2 is 1.86 bits per heavy atom. The molecule has 0 unspecified atom stereocenters. The summed E-state index contributed by atoms with van der Waals surface area (Å²) in [6, 6.07) is 22.0. The summed E-state index contributed by atoms with van der Waals surface area (Å²) in [4.78, 5) is 16.3. The van der Waals surface area contributed by atoms with Gasteiger partial charge in [0.1, 0.15) is 12.0 Å². The molecule has 10 heteroatoms. The Bertz CT molecular complexity index is 1800. The van der Waals surface area contributed by atoms with Crippen LogP contribution in [0.4, 0.5) is 0 Å². The molecule has 9 nitrogen and oxygen atoms in total. The van der Waals surface area contributed by atoms with Gasteiger partial charge in [-0.3, -0.25) is 4.79 Å². The molecule has 2 atom stereocenters. The van der Waals surface area contributed by atoms with Crippen molar-refractivity contribution in [2.24, 2.45) is 5.92 Å². The first kappa shape index (κ1) is 27.7. The highest BCUT2D eigenvalue weighted by atomic mass is 32.2. The molecule has 0 bridgehead atoms. The van der Waals surface area contributed by atoms with Gasteiger partial charge in [-0.1, -0.05) is 36.4 Å². The van der Waals surface area contributed by atoms with Crippen LogP contribution < -0.4 is 4.74 Å². The number of ether oxygens (including phenoxy) is 1. The van der Waals surface area contributed by atoms with Gasteiger partial charge in [-0.2, -0.15) is 4.31 Å². The van der Waals surface area contributed by atoms with Gasteiger partial charge in [0.2, 0.25) is 15.9 Å². The maximum Gasteiger partial charge on any atom is 0.307 e. The molecule has 5 aromatic rings. The van der Waals surface area contributed by atoms with E-state index in [1.807, 2.05) is 61.7 Å². The molecule has 1 aliphatic rings. The van der Waals surface area contributed by atoms with Gasteiger partial charge in [-0.05, 0) is 66.8 Å². The van der Waals surface area contributed by atoms with E-state index < -0.39 is 16.0 Å². The van der Waals surface area contributed by atoms with Crippen LogP contribution in [-0.4, -0.2) is 53.0 Å². The number of nitrogens with zero attached hydrogens (tertiary/aromatic N) is 3. The minimum atomic E-state index is -3.80. The largest absolute Gasteiger partial charge is 0.494 e. The summed E-state index contributed by atoms with van der Waals surface area (Å²) in [6.07, 6.45) is 5.46. The summed E-state index contributed by atoms with van der Waals surface area (Å²) in [5.41, 5.74) is 3.34. The smallest absolute Gasteiger partial charge is 0.307 e. The summed E-state index contributed by atoms with van der Waals surface area (Å²) < 4.78 is 42.4. The highest BCUT2D eigenvalue weighted by Gasteiger charge is 2.41. The van der Waals surface area contributed by atoms with Crippen LogP contribution >= 0.6 is 0 Å². The number of benzene rings is 3. The predicted octanol–water partition coefficient (Wildman–Crippen LogP) is 5.43. The maximum atomic E-state index is 13.9. The Balaban J connectivity index is 1.43. The van der Waals surface area contributed by atoms with E-state index in [-0.39, 0.29) is 29.8 Å². The molecule has 42 heavy (non-hydrogen) atoms. The first-order valence-electron chi connectivity index (χ1n) is 13.9. The Morgan fingerprint density at radius 3 is 2.55 bits per heavy atom. The zero-order valence-corrected chi connectivity index (χ0v) is 23.9. The van der Waals surface area contributed by atoms with E-state index >= 15 is 0 Å². The summed E-state index contributed by atoms with van der Waals surface area (Å²) in [6.45, 7) is 2.94. The Morgan fingerprint density at radius 1 is 1.07 bits per heavy atom.